The highest BCUT2D eigenvalue weighted by atomic mass is 16.6. The van der Waals surface area contributed by atoms with Crippen LogP contribution in [0.15, 0.2) is 24.3 Å². The fourth-order valence-electron chi connectivity index (χ4n) is 2.06. The molecule has 0 fully saturated rings. The number of aliphatic hydroxyl groups is 2. The van der Waals surface area contributed by atoms with Gasteiger partial charge in [-0.2, -0.15) is 0 Å². The monoisotopic (exact) mass is 382 g/mol. The number of ether oxygens (including phenoxy) is 2. The average molecular weight is 382 g/mol. The maximum Gasteiger partial charge on any atom is 0.412 e. The van der Waals surface area contributed by atoms with Gasteiger partial charge in [0.15, 0.2) is 0 Å². The highest BCUT2D eigenvalue weighted by Crippen LogP contribution is 2.21. The van der Waals surface area contributed by atoms with Gasteiger partial charge >= 0.3 is 12.2 Å². The van der Waals surface area contributed by atoms with Gasteiger partial charge < -0.3 is 25.0 Å². The zero-order valence-electron chi connectivity index (χ0n) is 16.7. The van der Waals surface area contributed by atoms with Crippen molar-refractivity contribution in [1.29, 1.82) is 0 Å². The van der Waals surface area contributed by atoms with E-state index < -0.39 is 35.6 Å². The van der Waals surface area contributed by atoms with Crippen molar-refractivity contribution in [3.05, 3.63) is 29.8 Å². The van der Waals surface area contributed by atoms with Gasteiger partial charge in [-0.05, 0) is 59.2 Å². The van der Waals surface area contributed by atoms with E-state index in [1.165, 1.54) is 6.07 Å². The number of hydrogen-bond acceptors (Lipinski definition) is 6. The minimum atomic E-state index is -1.26. The predicted molar refractivity (Wildman–Crippen MR) is 102 cm³/mol. The zero-order valence-corrected chi connectivity index (χ0v) is 16.7. The summed E-state index contributed by atoms with van der Waals surface area (Å²) in [6, 6.07) is 6.37. The van der Waals surface area contributed by atoms with Gasteiger partial charge in [0.25, 0.3) is 0 Å². The van der Waals surface area contributed by atoms with Crippen molar-refractivity contribution in [1.82, 2.24) is 5.32 Å². The molecule has 1 aromatic carbocycles. The SMILES string of the molecule is CC(C)(C)OC(=O)NCC(O)C(O)c1cccc(NC(=O)OC(C)(C)C)c1. The largest absolute Gasteiger partial charge is 0.444 e. The summed E-state index contributed by atoms with van der Waals surface area (Å²) in [5.41, 5.74) is -0.504. The van der Waals surface area contributed by atoms with Crippen molar-refractivity contribution in [2.45, 2.75) is 65.0 Å². The number of rotatable bonds is 5. The van der Waals surface area contributed by atoms with E-state index in [9.17, 15) is 19.8 Å². The fraction of sp³-hybridized carbons (Fsp3) is 0.579. The van der Waals surface area contributed by atoms with Crippen LogP contribution in [0.2, 0.25) is 0 Å². The van der Waals surface area contributed by atoms with E-state index >= 15 is 0 Å². The van der Waals surface area contributed by atoms with Crippen molar-refractivity contribution in [2.24, 2.45) is 0 Å². The number of carbonyl (C=O) groups excluding carboxylic acids is 2. The Kier molecular flexibility index (Phi) is 7.62. The molecule has 8 heteroatoms. The third kappa shape index (κ3) is 9.25. The number of anilines is 1. The maximum atomic E-state index is 11.8. The molecule has 152 valence electrons. The van der Waals surface area contributed by atoms with Gasteiger partial charge in [-0.25, -0.2) is 9.59 Å². The molecule has 0 saturated carbocycles. The molecule has 0 aliphatic heterocycles. The predicted octanol–water partition coefficient (Wildman–Crippen LogP) is 2.95. The summed E-state index contributed by atoms with van der Waals surface area (Å²) < 4.78 is 10.2. The van der Waals surface area contributed by atoms with Crippen molar-refractivity contribution >= 4 is 17.9 Å². The second-order valence-electron chi connectivity index (χ2n) is 8.15. The van der Waals surface area contributed by atoms with Crippen LogP contribution in [0.5, 0.6) is 0 Å². The van der Waals surface area contributed by atoms with Gasteiger partial charge in [-0.15, -0.1) is 0 Å². The van der Waals surface area contributed by atoms with E-state index in [1.54, 1.807) is 59.7 Å². The highest BCUT2D eigenvalue weighted by Gasteiger charge is 2.22. The number of hydrogen-bond donors (Lipinski definition) is 4. The van der Waals surface area contributed by atoms with Crippen molar-refractivity contribution in [3.8, 4) is 0 Å². The molecule has 0 radical (unpaired) electrons. The second-order valence-corrected chi connectivity index (χ2v) is 8.15. The quantitative estimate of drug-likeness (QED) is 0.622. The third-order valence-electron chi connectivity index (χ3n) is 3.09. The number of carbonyl (C=O) groups is 2. The van der Waals surface area contributed by atoms with Crippen LogP contribution in [-0.4, -0.2) is 46.3 Å². The number of nitrogens with one attached hydrogen (secondary N) is 2. The molecule has 2 amide bonds. The Balaban J connectivity index is 2.65. The summed E-state index contributed by atoms with van der Waals surface area (Å²) in [6.45, 7) is 10.2. The molecule has 0 spiro atoms. The van der Waals surface area contributed by atoms with E-state index in [4.69, 9.17) is 9.47 Å². The molecule has 4 N–H and O–H groups in total. The molecule has 1 aromatic rings. The first-order chi connectivity index (χ1) is 12.3. The number of alkyl carbamates (subject to hydrolysis) is 1. The molecular formula is C19H30N2O6. The smallest absolute Gasteiger partial charge is 0.412 e. The third-order valence-corrected chi connectivity index (χ3v) is 3.09. The van der Waals surface area contributed by atoms with E-state index in [2.05, 4.69) is 10.6 Å². The summed E-state index contributed by atoms with van der Waals surface area (Å²) >= 11 is 0. The molecule has 0 heterocycles. The lowest BCUT2D eigenvalue weighted by Gasteiger charge is -2.23. The number of amides is 2. The molecule has 0 aromatic heterocycles. The van der Waals surface area contributed by atoms with Crippen LogP contribution < -0.4 is 10.6 Å². The molecule has 2 atom stereocenters. The topological polar surface area (TPSA) is 117 Å². The molecule has 1 rings (SSSR count). The lowest BCUT2D eigenvalue weighted by Crippen LogP contribution is -2.38. The van der Waals surface area contributed by atoms with Gasteiger partial charge in [0, 0.05) is 12.2 Å². The first kappa shape index (κ1) is 22.7. The standard InChI is InChI=1S/C19H30N2O6/c1-18(2,3)26-16(24)20-11-14(22)15(23)12-8-7-9-13(10-12)21-17(25)27-19(4,5)6/h7-10,14-15,22-23H,11H2,1-6H3,(H,20,24)(H,21,25). The van der Waals surface area contributed by atoms with E-state index in [1.807, 2.05) is 0 Å². The molecule has 27 heavy (non-hydrogen) atoms. The normalized spacial score (nSPS) is 14.1. The number of benzene rings is 1. The van der Waals surface area contributed by atoms with E-state index in [-0.39, 0.29) is 6.54 Å². The van der Waals surface area contributed by atoms with Crippen LogP contribution >= 0.6 is 0 Å². The van der Waals surface area contributed by atoms with Crippen molar-refractivity contribution in [3.63, 3.8) is 0 Å². The van der Waals surface area contributed by atoms with Gasteiger partial charge in [0.2, 0.25) is 0 Å². The lowest BCUT2D eigenvalue weighted by atomic mass is 10.0. The van der Waals surface area contributed by atoms with Crippen LogP contribution in [0.1, 0.15) is 53.2 Å². The summed E-state index contributed by atoms with van der Waals surface area (Å²) in [5.74, 6) is 0. The molecular weight excluding hydrogens is 352 g/mol. The Bertz CT molecular complexity index is 648. The van der Waals surface area contributed by atoms with E-state index in [0.717, 1.165) is 0 Å². The Morgan fingerprint density at radius 3 is 2.11 bits per heavy atom. The average Bonchev–Trinajstić information content (AvgIpc) is 2.48. The lowest BCUT2D eigenvalue weighted by molar-refractivity contribution is 0.0129. The van der Waals surface area contributed by atoms with Crippen LogP contribution in [0.25, 0.3) is 0 Å². The summed E-state index contributed by atoms with van der Waals surface area (Å²) in [6.07, 6.45) is -3.83. The van der Waals surface area contributed by atoms with E-state index in [0.29, 0.717) is 11.3 Å². The Labute approximate surface area is 159 Å². The number of aliphatic hydroxyl groups excluding tert-OH is 2. The van der Waals surface area contributed by atoms with Crippen LogP contribution in [0.3, 0.4) is 0 Å². The van der Waals surface area contributed by atoms with Crippen LogP contribution in [0.4, 0.5) is 15.3 Å². The molecule has 8 nitrogen and oxygen atoms in total. The first-order valence-corrected chi connectivity index (χ1v) is 8.70. The first-order valence-electron chi connectivity index (χ1n) is 8.70. The minimum Gasteiger partial charge on any atom is -0.444 e. The summed E-state index contributed by atoms with van der Waals surface area (Å²) in [5, 5.41) is 25.4. The summed E-state index contributed by atoms with van der Waals surface area (Å²) in [4.78, 5) is 23.5. The second kappa shape index (κ2) is 9.05. The molecule has 0 bridgehead atoms. The van der Waals surface area contributed by atoms with Gasteiger partial charge in [-0.1, -0.05) is 12.1 Å². The Hall–Kier alpha value is -2.32. The molecule has 2 unspecified atom stereocenters. The molecule has 0 saturated heterocycles. The van der Waals surface area contributed by atoms with Gasteiger partial charge in [0.1, 0.15) is 23.4 Å². The highest BCUT2D eigenvalue weighted by molar-refractivity contribution is 5.84. The Morgan fingerprint density at radius 1 is 1.00 bits per heavy atom. The fourth-order valence-corrected chi connectivity index (χ4v) is 2.06. The van der Waals surface area contributed by atoms with Crippen molar-refractivity contribution in [2.75, 3.05) is 11.9 Å². The molecule has 0 aliphatic carbocycles. The minimum absolute atomic E-state index is 0.195. The van der Waals surface area contributed by atoms with Gasteiger partial charge in [-0.3, -0.25) is 5.32 Å². The molecule has 0 aliphatic rings. The summed E-state index contributed by atoms with van der Waals surface area (Å²) in [7, 11) is 0. The van der Waals surface area contributed by atoms with Gasteiger partial charge in [0.05, 0.1) is 0 Å². The zero-order chi connectivity index (χ0) is 20.8. The van der Waals surface area contributed by atoms with Crippen molar-refractivity contribution < 1.29 is 29.3 Å². The van der Waals surface area contributed by atoms with Crippen LogP contribution in [0, 0.1) is 0 Å². The Morgan fingerprint density at radius 2 is 1.56 bits per heavy atom. The maximum absolute atomic E-state index is 11.8. The van der Waals surface area contributed by atoms with Crippen LogP contribution in [-0.2, 0) is 9.47 Å².